The van der Waals surface area contributed by atoms with Crippen molar-refractivity contribution in [3.8, 4) is 5.75 Å². The molecule has 18 heavy (non-hydrogen) atoms. The van der Waals surface area contributed by atoms with Crippen LogP contribution < -0.4 is 4.74 Å². The lowest BCUT2D eigenvalue weighted by atomic mass is 10.2. The number of nitrogens with zero attached hydrogens (tertiary/aromatic N) is 2. The zero-order valence-corrected chi connectivity index (χ0v) is 12.5. The molecule has 94 valence electrons. The van der Waals surface area contributed by atoms with Crippen LogP contribution in [0.4, 0.5) is 0 Å². The number of benzene rings is 1. The number of rotatable bonds is 4. The molecule has 0 aliphatic heterocycles. The van der Waals surface area contributed by atoms with Gasteiger partial charge in [0.15, 0.2) is 6.61 Å². The molecule has 0 N–H and O–H groups in total. The van der Waals surface area contributed by atoms with Gasteiger partial charge in [-0.05, 0) is 44.0 Å². The third-order valence-corrected chi connectivity index (χ3v) is 3.25. The van der Waals surface area contributed by atoms with E-state index in [1.165, 1.54) is 0 Å². The largest absolute Gasteiger partial charge is 0.483 e. The third kappa shape index (κ3) is 2.97. The van der Waals surface area contributed by atoms with Gasteiger partial charge in [0, 0.05) is 12.5 Å². The summed E-state index contributed by atoms with van der Waals surface area (Å²) < 4.78 is 11.8. The van der Waals surface area contributed by atoms with E-state index in [9.17, 15) is 4.79 Å². The highest BCUT2D eigenvalue weighted by atomic mass is 79.9. The number of hydrogen-bond acceptors (Lipinski definition) is 5. The van der Waals surface area contributed by atoms with Gasteiger partial charge >= 0.3 is 0 Å². The maximum atomic E-state index is 10.7. The third-order valence-electron chi connectivity index (χ3n) is 2.07. The fourth-order valence-electron chi connectivity index (χ4n) is 1.32. The number of ether oxygens (including phenoxy) is 1. The lowest BCUT2D eigenvalue weighted by molar-refractivity contribution is 0.112. The van der Waals surface area contributed by atoms with Crippen molar-refractivity contribution in [2.24, 2.45) is 0 Å². The van der Waals surface area contributed by atoms with Gasteiger partial charge in [-0.25, -0.2) is 0 Å². The zero-order chi connectivity index (χ0) is 13.1. The maximum Gasteiger partial charge on any atom is 0.223 e. The van der Waals surface area contributed by atoms with E-state index in [0.29, 0.717) is 32.0 Å². The summed E-state index contributed by atoms with van der Waals surface area (Å²) in [5.74, 6) is 1.54. The highest BCUT2D eigenvalue weighted by molar-refractivity contribution is 9.11. The molecule has 0 spiro atoms. The Morgan fingerprint density at radius 3 is 2.56 bits per heavy atom. The summed E-state index contributed by atoms with van der Waals surface area (Å²) in [5.41, 5.74) is 0.552. The molecule has 0 fully saturated rings. The van der Waals surface area contributed by atoms with Gasteiger partial charge in [0.25, 0.3) is 0 Å². The fourth-order valence-corrected chi connectivity index (χ4v) is 2.77. The first kappa shape index (κ1) is 13.2. The molecule has 0 unspecified atom stereocenters. The molecule has 1 aromatic heterocycles. The van der Waals surface area contributed by atoms with Gasteiger partial charge in [-0.15, -0.1) is 0 Å². The molecule has 0 amide bonds. The number of aryl methyl sites for hydroxylation is 1. The Labute approximate surface area is 120 Å². The molecule has 0 radical (unpaired) electrons. The molecule has 0 saturated heterocycles. The van der Waals surface area contributed by atoms with Crippen LogP contribution in [0.2, 0.25) is 0 Å². The number of carbonyl (C=O) groups is 1. The molecule has 0 saturated carbocycles. The summed E-state index contributed by atoms with van der Waals surface area (Å²) in [6.07, 6.45) is 0.766. The molecule has 2 aromatic rings. The minimum absolute atomic E-state index is 0.189. The molecule has 7 heteroatoms. The molecule has 1 heterocycles. The van der Waals surface area contributed by atoms with Crippen molar-refractivity contribution < 1.29 is 14.1 Å². The second kappa shape index (κ2) is 5.62. The first-order valence-electron chi connectivity index (χ1n) is 4.96. The Hall–Kier alpha value is -1.21. The second-order valence-corrected chi connectivity index (χ2v) is 5.16. The molecule has 0 aliphatic carbocycles. The van der Waals surface area contributed by atoms with Crippen molar-refractivity contribution in [1.29, 1.82) is 0 Å². The van der Waals surface area contributed by atoms with Crippen molar-refractivity contribution in [2.45, 2.75) is 13.5 Å². The maximum absolute atomic E-state index is 10.7. The predicted octanol–water partition coefficient (Wildman–Crippen LogP) is 3.29. The Morgan fingerprint density at radius 2 is 2.06 bits per heavy atom. The van der Waals surface area contributed by atoms with E-state index in [2.05, 4.69) is 42.0 Å². The standard InChI is InChI=1S/C11H8Br2N2O3/c1-6-14-10(15-18-6)5-17-11-8(12)2-7(4-16)3-9(11)13/h2-4H,5H2,1H3. The van der Waals surface area contributed by atoms with Crippen LogP contribution >= 0.6 is 31.9 Å². The Bertz CT molecular complexity index is 560. The number of carbonyl (C=O) groups excluding carboxylic acids is 1. The van der Waals surface area contributed by atoms with Crippen molar-refractivity contribution in [3.63, 3.8) is 0 Å². The number of aldehydes is 1. The monoisotopic (exact) mass is 374 g/mol. The first-order chi connectivity index (χ1) is 8.60. The van der Waals surface area contributed by atoms with Crippen molar-refractivity contribution in [3.05, 3.63) is 38.4 Å². The number of aromatic nitrogens is 2. The van der Waals surface area contributed by atoms with E-state index in [1.54, 1.807) is 19.1 Å². The number of halogens is 2. The highest BCUT2D eigenvalue weighted by Crippen LogP contribution is 2.34. The first-order valence-corrected chi connectivity index (χ1v) is 6.55. The van der Waals surface area contributed by atoms with Crippen LogP contribution in [0.5, 0.6) is 5.75 Å². The van der Waals surface area contributed by atoms with Gasteiger partial charge < -0.3 is 9.26 Å². The van der Waals surface area contributed by atoms with Crippen molar-refractivity contribution >= 4 is 38.1 Å². The van der Waals surface area contributed by atoms with Crippen molar-refractivity contribution in [1.82, 2.24) is 10.1 Å². The van der Waals surface area contributed by atoms with E-state index in [-0.39, 0.29) is 6.61 Å². The second-order valence-electron chi connectivity index (χ2n) is 3.45. The summed E-state index contributed by atoms with van der Waals surface area (Å²) in [6.45, 7) is 1.90. The summed E-state index contributed by atoms with van der Waals surface area (Å²) in [5, 5.41) is 3.73. The molecule has 1 aromatic carbocycles. The molecular weight excluding hydrogens is 368 g/mol. The molecule has 0 bridgehead atoms. The summed E-state index contributed by atoms with van der Waals surface area (Å²) in [7, 11) is 0. The Morgan fingerprint density at radius 1 is 1.39 bits per heavy atom. The van der Waals surface area contributed by atoms with Gasteiger partial charge in [0.05, 0.1) is 8.95 Å². The minimum atomic E-state index is 0.189. The van der Waals surface area contributed by atoms with Gasteiger partial charge in [-0.2, -0.15) is 4.98 Å². The smallest absolute Gasteiger partial charge is 0.223 e. The average molecular weight is 376 g/mol. The van der Waals surface area contributed by atoms with Gasteiger partial charge in [0.1, 0.15) is 12.0 Å². The molecule has 0 aliphatic rings. The van der Waals surface area contributed by atoms with Crippen LogP contribution in [0, 0.1) is 6.92 Å². The average Bonchev–Trinajstić information content (AvgIpc) is 2.73. The topological polar surface area (TPSA) is 65.2 Å². The van der Waals surface area contributed by atoms with Crippen LogP contribution in [0.25, 0.3) is 0 Å². The Kier molecular flexibility index (Phi) is 4.13. The number of hydrogen-bond donors (Lipinski definition) is 0. The normalized spacial score (nSPS) is 10.4. The van der Waals surface area contributed by atoms with Gasteiger partial charge in [-0.1, -0.05) is 5.16 Å². The summed E-state index contributed by atoms with van der Waals surface area (Å²) in [4.78, 5) is 14.7. The fraction of sp³-hybridized carbons (Fsp3) is 0.182. The SMILES string of the molecule is Cc1nc(COc2c(Br)cc(C=O)cc2Br)no1. The van der Waals surface area contributed by atoms with E-state index < -0.39 is 0 Å². The van der Waals surface area contributed by atoms with E-state index in [1.807, 2.05) is 0 Å². The lowest BCUT2D eigenvalue weighted by Crippen LogP contribution is -1.99. The molecule has 0 atom stereocenters. The molecule has 2 rings (SSSR count). The zero-order valence-electron chi connectivity index (χ0n) is 9.31. The molecule has 5 nitrogen and oxygen atoms in total. The van der Waals surface area contributed by atoms with Crippen LogP contribution in [0.15, 0.2) is 25.6 Å². The highest BCUT2D eigenvalue weighted by Gasteiger charge is 2.11. The van der Waals surface area contributed by atoms with Gasteiger partial charge in [-0.3, -0.25) is 4.79 Å². The quantitative estimate of drug-likeness (QED) is 0.767. The van der Waals surface area contributed by atoms with Crippen LogP contribution in [-0.2, 0) is 6.61 Å². The minimum Gasteiger partial charge on any atom is -0.483 e. The summed E-state index contributed by atoms with van der Waals surface area (Å²) >= 11 is 6.68. The van der Waals surface area contributed by atoms with Crippen LogP contribution in [0.1, 0.15) is 22.1 Å². The lowest BCUT2D eigenvalue weighted by Gasteiger charge is -2.09. The summed E-state index contributed by atoms with van der Waals surface area (Å²) in [6, 6.07) is 3.35. The van der Waals surface area contributed by atoms with E-state index >= 15 is 0 Å². The van der Waals surface area contributed by atoms with Gasteiger partial charge in [0.2, 0.25) is 11.7 Å². The Balaban J connectivity index is 2.16. The van der Waals surface area contributed by atoms with Crippen LogP contribution in [-0.4, -0.2) is 16.4 Å². The van der Waals surface area contributed by atoms with E-state index in [0.717, 1.165) is 6.29 Å². The van der Waals surface area contributed by atoms with Crippen LogP contribution in [0.3, 0.4) is 0 Å². The molecular formula is C11H8Br2N2O3. The van der Waals surface area contributed by atoms with Crippen molar-refractivity contribution in [2.75, 3.05) is 0 Å². The predicted molar refractivity (Wildman–Crippen MR) is 70.6 cm³/mol. The van der Waals surface area contributed by atoms with E-state index in [4.69, 9.17) is 9.26 Å².